The van der Waals surface area contributed by atoms with Crippen molar-refractivity contribution in [3.63, 3.8) is 0 Å². The number of guanidine groups is 1. The molecule has 0 aliphatic heterocycles. The number of aryl methyl sites for hydroxylation is 2. The van der Waals surface area contributed by atoms with Gasteiger partial charge in [-0.2, -0.15) is 0 Å². The molecule has 17 heavy (non-hydrogen) atoms. The van der Waals surface area contributed by atoms with Crippen LogP contribution in [0, 0.1) is 13.8 Å². The summed E-state index contributed by atoms with van der Waals surface area (Å²) in [6.07, 6.45) is 0. The summed E-state index contributed by atoms with van der Waals surface area (Å²) in [5, 5.41) is 3.18. The summed E-state index contributed by atoms with van der Waals surface area (Å²) in [7, 11) is 0. The molecule has 0 aliphatic carbocycles. The second-order valence-electron chi connectivity index (χ2n) is 5.43. The van der Waals surface area contributed by atoms with Gasteiger partial charge in [0.15, 0.2) is 5.96 Å². The lowest BCUT2D eigenvalue weighted by Crippen LogP contribution is -2.45. The lowest BCUT2D eigenvalue weighted by atomic mass is 10.1. The smallest absolute Gasteiger partial charge is 0.189 e. The quantitative estimate of drug-likeness (QED) is 0.628. The number of hydrogen-bond acceptors (Lipinski definition) is 2. The van der Waals surface area contributed by atoms with Gasteiger partial charge in [0.2, 0.25) is 0 Å². The van der Waals surface area contributed by atoms with Crippen LogP contribution in [-0.4, -0.2) is 11.5 Å². The van der Waals surface area contributed by atoms with E-state index < -0.39 is 0 Å². The largest absolute Gasteiger partial charge is 0.370 e. The summed E-state index contributed by atoms with van der Waals surface area (Å²) >= 11 is 1.81. The van der Waals surface area contributed by atoms with Gasteiger partial charge in [0.1, 0.15) is 0 Å². The average molecular weight is 253 g/mol. The zero-order chi connectivity index (χ0) is 13.2. The van der Waals surface area contributed by atoms with E-state index in [1.165, 1.54) is 15.3 Å². The number of thiophene rings is 1. The number of nitrogens with zero attached hydrogens (tertiary/aromatic N) is 1. The zero-order valence-electron chi connectivity index (χ0n) is 11.6. The van der Waals surface area contributed by atoms with Crippen molar-refractivity contribution in [1.29, 1.82) is 0 Å². The van der Waals surface area contributed by atoms with E-state index in [1.54, 1.807) is 0 Å². The molecule has 0 saturated carbocycles. The highest BCUT2D eigenvalue weighted by atomic mass is 32.1. The zero-order valence-corrected chi connectivity index (χ0v) is 12.4. The van der Waals surface area contributed by atoms with Crippen LogP contribution in [0.2, 0.25) is 0 Å². The highest BCUT2D eigenvalue weighted by molar-refractivity contribution is 7.12. The van der Waals surface area contributed by atoms with Gasteiger partial charge in [0.05, 0.1) is 6.04 Å². The lowest BCUT2D eigenvalue weighted by Gasteiger charge is -2.21. The van der Waals surface area contributed by atoms with E-state index in [9.17, 15) is 0 Å². The molecule has 1 atom stereocenters. The molecule has 1 aromatic rings. The van der Waals surface area contributed by atoms with E-state index in [4.69, 9.17) is 5.73 Å². The van der Waals surface area contributed by atoms with Crippen molar-refractivity contribution in [1.82, 2.24) is 5.32 Å². The Labute approximate surface area is 108 Å². The summed E-state index contributed by atoms with van der Waals surface area (Å²) in [5.74, 6) is 0.508. The maximum atomic E-state index is 5.90. The monoisotopic (exact) mass is 253 g/mol. The van der Waals surface area contributed by atoms with Gasteiger partial charge in [-0.15, -0.1) is 11.3 Å². The van der Waals surface area contributed by atoms with E-state index in [-0.39, 0.29) is 11.6 Å². The first-order valence-corrected chi connectivity index (χ1v) is 6.69. The second kappa shape index (κ2) is 5.08. The first-order chi connectivity index (χ1) is 7.69. The van der Waals surface area contributed by atoms with Gasteiger partial charge in [-0.1, -0.05) is 0 Å². The number of nitrogens with one attached hydrogen (secondary N) is 1. The molecule has 96 valence electrons. The molecule has 1 rings (SSSR count). The third-order valence-electron chi connectivity index (χ3n) is 2.37. The van der Waals surface area contributed by atoms with Crippen LogP contribution < -0.4 is 11.1 Å². The molecule has 0 bridgehead atoms. The van der Waals surface area contributed by atoms with Gasteiger partial charge in [0, 0.05) is 15.3 Å². The molecule has 1 unspecified atom stereocenters. The summed E-state index contributed by atoms with van der Waals surface area (Å²) in [5.41, 5.74) is 7.12. The molecule has 4 heteroatoms. The Kier molecular flexibility index (Phi) is 4.20. The van der Waals surface area contributed by atoms with Crippen molar-refractivity contribution in [2.24, 2.45) is 10.7 Å². The van der Waals surface area contributed by atoms with Gasteiger partial charge >= 0.3 is 0 Å². The van der Waals surface area contributed by atoms with Gasteiger partial charge in [0.25, 0.3) is 0 Å². The van der Waals surface area contributed by atoms with Gasteiger partial charge < -0.3 is 11.1 Å². The van der Waals surface area contributed by atoms with Crippen LogP contribution in [0.1, 0.15) is 49.1 Å². The Hall–Kier alpha value is -1.03. The molecular weight excluding hydrogens is 230 g/mol. The molecule has 0 aliphatic rings. The van der Waals surface area contributed by atoms with E-state index in [2.05, 4.69) is 57.9 Å². The Morgan fingerprint density at radius 3 is 2.41 bits per heavy atom. The topological polar surface area (TPSA) is 50.4 Å². The number of aliphatic imine (C=N–C) groups is 1. The summed E-state index contributed by atoms with van der Waals surface area (Å²) in [4.78, 5) is 7.14. The molecule has 3 nitrogen and oxygen atoms in total. The SMILES string of the molecule is Cc1cc(C(C)N=C(N)NC(C)(C)C)c(C)s1. The van der Waals surface area contributed by atoms with E-state index in [0.717, 1.165) is 0 Å². The number of rotatable bonds is 2. The van der Waals surface area contributed by atoms with Crippen LogP contribution in [-0.2, 0) is 0 Å². The highest BCUT2D eigenvalue weighted by Gasteiger charge is 2.13. The van der Waals surface area contributed by atoms with E-state index in [1.807, 2.05) is 11.3 Å². The fourth-order valence-corrected chi connectivity index (χ4v) is 2.78. The van der Waals surface area contributed by atoms with Crippen LogP contribution in [0.15, 0.2) is 11.1 Å². The standard InChI is InChI=1S/C13H23N3S/c1-8-7-11(10(3)17-8)9(2)15-12(14)16-13(4,5)6/h7,9H,1-6H3,(H3,14,15,16). The molecule has 0 fully saturated rings. The van der Waals surface area contributed by atoms with Crippen LogP contribution in [0.25, 0.3) is 0 Å². The Morgan fingerprint density at radius 2 is 2.00 bits per heavy atom. The molecule has 0 saturated heterocycles. The van der Waals surface area contributed by atoms with Crippen LogP contribution in [0.3, 0.4) is 0 Å². The molecule has 0 aromatic carbocycles. The third-order valence-corrected chi connectivity index (χ3v) is 3.35. The number of hydrogen-bond donors (Lipinski definition) is 2. The van der Waals surface area contributed by atoms with Gasteiger partial charge in [-0.05, 0) is 53.2 Å². The van der Waals surface area contributed by atoms with Crippen molar-refractivity contribution in [3.8, 4) is 0 Å². The molecule has 0 radical (unpaired) electrons. The molecular formula is C13H23N3S. The van der Waals surface area contributed by atoms with E-state index in [0.29, 0.717) is 5.96 Å². The van der Waals surface area contributed by atoms with Crippen molar-refractivity contribution in [3.05, 3.63) is 21.4 Å². The van der Waals surface area contributed by atoms with Crippen molar-refractivity contribution < 1.29 is 0 Å². The second-order valence-corrected chi connectivity index (χ2v) is 6.89. The van der Waals surface area contributed by atoms with Gasteiger partial charge in [-0.3, -0.25) is 0 Å². The maximum absolute atomic E-state index is 5.90. The summed E-state index contributed by atoms with van der Waals surface area (Å²) < 4.78 is 0. The fourth-order valence-electron chi connectivity index (χ4n) is 1.76. The number of nitrogens with two attached hydrogens (primary N) is 1. The predicted molar refractivity (Wildman–Crippen MR) is 76.7 cm³/mol. The predicted octanol–water partition coefficient (Wildman–Crippen LogP) is 3.13. The Bertz CT molecular complexity index is 413. The fraction of sp³-hybridized carbons (Fsp3) is 0.615. The minimum atomic E-state index is -0.0487. The molecule has 0 amide bonds. The summed E-state index contributed by atoms with van der Waals surface area (Å²) in [6, 6.07) is 2.30. The van der Waals surface area contributed by atoms with Crippen LogP contribution in [0.5, 0.6) is 0 Å². The first-order valence-electron chi connectivity index (χ1n) is 5.87. The third kappa shape index (κ3) is 4.38. The summed E-state index contributed by atoms with van der Waals surface area (Å²) in [6.45, 7) is 12.5. The minimum Gasteiger partial charge on any atom is -0.370 e. The van der Waals surface area contributed by atoms with E-state index >= 15 is 0 Å². The molecule has 0 spiro atoms. The van der Waals surface area contributed by atoms with Crippen LogP contribution >= 0.6 is 11.3 Å². The lowest BCUT2D eigenvalue weighted by molar-refractivity contribution is 0.507. The molecule has 3 N–H and O–H groups in total. The molecule has 1 aromatic heterocycles. The molecule has 1 heterocycles. The maximum Gasteiger partial charge on any atom is 0.189 e. The van der Waals surface area contributed by atoms with Crippen molar-refractivity contribution in [2.45, 2.75) is 53.1 Å². The highest BCUT2D eigenvalue weighted by Crippen LogP contribution is 2.28. The van der Waals surface area contributed by atoms with Gasteiger partial charge in [-0.25, -0.2) is 4.99 Å². The minimum absolute atomic E-state index is 0.0487. The average Bonchev–Trinajstić information content (AvgIpc) is 2.41. The van der Waals surface area contributed by atoms with Crippen molar-refractivity contribution in [2.75, 3.05) is 0 Å². The Balaban J connectivity index is 2.81. The van der Waals surface area contributed by atoms with Crippen LogP contribution in [0.4, 0.5) is 0 Å². The van der Waals surface area contributed by atoms with Crippen molar-refractivity contribution >= 4 is 17.3 Å². The normalized spacial score (nSPS) is 14.8. The first kappa shape index (κ1) is 14.0. The Morgan fingerprint density at radius 1 is 1.41 bits per heavy atom.